The molecular formula is C10H15NO. The van der Waals surface area contributed by atoms with Gasteiger partial charge in [-0.25, -0.2) is 4.98 Å². The van der Waals surface area contributed by atoms with Crippen LogP contribution in [0.15, 0.2) is 24.4 Å². The van der Waals surface area contributed by atoms with Crippen molar-refractivity contribution in [1.29, 1.82) is 0 Å². The minimum Gasteiger partial charge on any atom is -0.474 e. The Morgan fingerprint density at radius 1 is 1.33 bits per heavy atom. The molecule has 0 radical (unpaired) electrons. The van der Waals surface area contributed by atoms with Gasteiger partial charge in [0, 0.05) is 12.3 Å². The largest absolute Gasteiger partial charge is 0.474 e. The molecule has 0 saturated carbocycles. The molecule has 1 aromatic heterocycles. The predicted molar refractivity (Wildman–Crippen MR) is 49.2 cm³/mol. The normalized spacial score (nSPS) is 10.2. The van der Waals surface area contributed by atoms with Crippen molar-refractivity contribution in [3.63, 3.8) is 0 Å². The van der Waals surface area contributed by atoms with Gasteiger partial charge in [0.1, 0.15) is 0 Å². The van der Waals surface area contributed by atoms with E-state index < -0.39 is 0 Å². The molecule has 2 heteroatoms. The number of hydrogen-bond acceptors (Lipinski definition) is 2. The Bertz CT molecular complexity index is 206. The fourth-order valence-corrected chi connectivity index (χ4v) is 1.04. The molecule has 0 spiro atoms. The van der Waals surface area contributed by atoms with E-state index in [-0.39, 0.29) is 0 Å². The van der Waals surface area contributed by atoms with Crippen LogP contribution in [-0.4, -0.2) is 11.1 Å². The molecule has 0 atom stereocenters. The maximum Gasteiger partial charge on any atom is 0.213 e. The smallest absolute Gasteiger partial charge is 0.213 e. The molecule has 0 aliphatic heterocycles. The first-order valence-corrected chi connectivity index (χ1v) is 4.44. The Labute approximate surface area is 73.6 Å². The zero-order valence-corrected chi connectivity index (χ0v) is 7.66. The topological polar surface area (TPSA) is 22.1 Å². The van der Waals surface area contributed by atoms with E-state index >= 15 is 0 Å². The Balaban J connectivity index is 2.51. The van der Waals surface area contributed by atoms with E-state index in [9.17, 15) is 0 Å². The van der Waals surface area contributed by atoms with Crippen LogP contribution in [-0.2, 0) is 0 Å². The number of nitrogens with zero attached hydrogens (tertiary/aromatic N) is 1. The Morgan fingerprint density at radius 2 is 2.08 bits per heavy atom. The number of hydrogen-bond donors (Lipinski definition) is 0. The van der Waals surface area contributed by atoms with E-state index in [0.717, 1.165) is 18.7 Å². The van der Waals surface area contributed by atoms with Gasteiger partial charge < -0.3 is 4.74 Å². The maximum absolute atomic E-state index is 5.60. The number of ether oxygens (including phenoxy) is 1. The van der Waals surface area contributed by atoms with Crippen LogP contribution in [0.5, 0.6) is 5.88 Å². The van der Waals surface area contributed by atoms with Crippen LogP contribution in [0.1, 0.15) is 26.7 Å². The van der Waals surface area contributed by atoms with Crippen LogP contribution in [0, 0.1) is 0 Å². The number of aromatic nitrogens is 1. The van der Waals surface area contributed by atoms with Crippen molar-refractivity contribution in [3.05, 3.63) is 24.4 Å². The Hall–Kier alpha value is -1.05. The molecule has 0 aromatic carbocycles. The van der Waals surface area contributed by atoms with Crippen molar-refractivity contribution < 1.29 is 4.74 Å². The first-order chi connectivity index (χ1) is 5.86. The fourth-order valence-electron chi connectivity index (χ4n) is 1.04. The van der Waals surface area contributed by atoms with Gasteiger partial charge in [-0.15, -0.1) is 0 Å². The third kappa shape index (κ3) is 2.53. The lowest BCUT2D eigenvalue weighted by molar-refractivity contribution is 0.185. The predicted octanol–water partition coefficient (Wildman–Crippen LogP) is 2.65. The highest BCUT2D eigenvalue weighted by atomic mass is 16.5. The lowest BCUT2D eigenvalue weighted by atomic mass is 10.2. The molecule has 0 aliphatic rings. The maximum atomic E-state index is 5.60. The monoisotopic (exact) mass is 165 g/mol. The van der Waals surface area contributed by atoms with Crippen LogP contribution >= 0.6 is 0 Å². The van der Waals surface area contributed by atoms with Gasteiger partial charge in [-0.3, -0.25) is 0 Å². The van der Waals surface area contributed by atoms with E-state index in [1.807, 2.05) is 18.2 Å². The third-order valence-corrected chi connectivity index (χ3v) is 1.84. The molecular weight excluding hydrogens is 150 g/mol. The van der Waals surface area contributed by atoms with Gasteiger partial charge in [0.15, 0.2) is 0 Å². The molecule has 0 unspecified atom stereocenters. The first-order valence-electron chi connectivity index (χ1n) is 4.44. The second kappa shape index (κ2) is 4.75. The summed E-state index contributed by atoms with van der Waals surface area (Å²) in [7, 11) is 0. The van der Waals surface area contributed by atoms with Gasteiger partial charge in [0.25, 0.3) is 0 Å². The average molecular weight is 165 g/mol. The molecule has 0 bridgehead atoms. The molecule has 0 N–H and O–H groups in total. The summed E-state index contributed by atoms with van der Waals surface area (Å²) in [5, 5.41) is 0. The molecule has 1 heterocycles. The number of rotatable bonds is 4. The van der Waals surface area contributed by atoms with E-state index in [1.54, 1.807) is 6.20 Å². The second-order valence-corrected chi connectivity index (χ2v) is 2.72. The van der Waals surface area contributed by atoms with Crippen molar-refractivity contribution in [3.8, 4) is 5.88 Å². The van der Waals surface area contributed by atoms with Gasteiger partial charge in [-0.05, 0) is 18.9 Å². The molecule has 12 heavy (non-hydrogen) atoms. The lowest BCUT2D eigenvalue weighted by Gasteiger charge is -2.13. The summed E-state index contributed by atoms with van der Waals surface area (Å²) in [6.45, 7) is 4.24. The fraction of sp³-hybridized carbons (Fsp3) is 0.500. The molecule has 1 rings (SSSR count). The molecule has 1 aromatic rings. The van der Waals surface area contributed by atoms with Crippen LogP contribution in [0.25, 0.3) is 0 Å². The average Bonchev–Trinajstić information content (AvgIpc) is 2.16. The van der Waals surface area contributed by atoms with Crippen LogP contribution in [0.3, 0.4) is 0 Å². The lowest BCUT2D eigenvalue weighted by Crippen LogP contribution is -2.14. The number of pyridine rings is 1. The molecule has 0 amide bonds. The van der Waals surface area contributed by atoms with Gasteiger partial charge in [0.2, 0.25) is 5.88 Å². The molecule has 66 valence electrons. The zero-order chi connectivity index (χ0) is 8.81. The summed E-state index contributed by atoms with van der Waals surface area (Å²) < 4.78 is 5.60. The molecule has 0 saturated heterocycles. The van der Waals surface area contributed by atoms with E-state index in [0.29, 0.717) is 6.10 Å². The molecule has 2 nitrogen and oxygen atoms in total. The van der Waals surface area contributed by atoms with Gasteiger partial charge in [-0.1, -0.05) is 19.9 Å². The summed E-state index contributed by atoms with van der Waals surface area (Å²) in [5.74, 6) is 0.728. The van der Waals surface area contributed by atoms with Gasteiger partial charge in [0.05, 0.1) is 6.10 Å². The van der Waals surface area contributed by atoms with Crippen LogP contribution in [0.2, 0.25) is 0 Å². The summed E-state index contributed by atoms with van der Waals surface area (Å²) in [6, 6.07) is 5.71. The third-order valence-electron chi connectivity index (χ3n) is 1.84. The van der Waals surface area contributed by atoms with Crippen molar-refractivity contribution in [2.75, 3.05) is 0 Å². The van der Waals surface area contributed by atoms with E-state index in [4.69, 9.17) is 4.74 Å². The van der Waals surface area contributed by atoms with Crippen LogP contribution < -0.4 is 4.74 Å². The summed E-state index contributed by atoms with van der Waals surface area (Å²) >= 11 is 0. The quantitative estimate of drug-likeness (QED) is 0.684. The highest BCUT2D eigenvalue weighted by Gasteiger charge is 2.04. The second-order valence-electron chi connectivity index (χ2n) is 2.72. The summed E-state index contributed by atoms with van der Waals surface area (Å²) in [5.41, 5.74) is 0. The van der Waals surface area contributed by atoms with Crippen molar-refractivity contribution >= 4 is 0 Å². The Kier molecular flexibility index (Phi) is 3.58. The zero-order valence-electron chi connectivity index (χ0n) is 7.66. The highest BCUT2D eigenvalue weighted by Crippen LogP contribution is 2.10. The van der Waals surface area contributed by atoms with Crippen molar-refractivity contribution in [1.82, 2.24) is 4.98 Å². The van der Waals surface area contributed by atoms with Crippen molar-refractivity contribution in [2.24, 2.45) is 0 Å². The van der Waals surface area contributed by atoms with Gasteiger partial charge in [-0.2, -0.15) is 0 Å². The molecule has 0 aliphatic carbocycles. The van der Waals surface area contributed by atoms with Crippen molar-refractivity contribution in [2.45, 2.75) is 32.8 Å². The Morgan fingerprint density at radius 3 is 2.58 bits per heavy atom. The standard InChI is InChI=1S/C10H15NO/c1-3-9(4-2)12-10-7-5-6-8-11-10/h5-9H,3-4H2,1-2H3. The minimum atomic E-state index is 0.305. The van der Waals surface area contributed by atoms with Gasteiger partial charge >= 0.3 is 0 Å². The molecule has 0 fully saturated rings. The highest BCUT2D eigenvalue weighted by molar-refractivity contribution is 5.09. The minimum absolute atomic E-state index is 0.305. The summed E-state index contributed by atoms with van der Waals surface area (Å²) in [6.07, 6.45) is 4.12. The van der Waals surface area contributed by atoms with Crippen LogP contribution in [0.4, 0.5) is 0 Å². The first kappa shape index (κ1) is 9.04. The van der Waals surface area contributed by atoms with E-state index in [2.05, 4.69) is 18.8 Å². The van der Waals surface area contributed by atoms with E-state index in [1.165, 1.54) is 0 Å². The summed E-state index contributed by atoms with van der Waals surface area (Å²) in [4.78, 5) is 4.09. The SMILES string of the molecule is CCC(CC)Oc1ccccn1.